The largest absolute Gasteiger partial charge is 0.419 e. The van der Waals surface area contributed by atoms with E-state index in [4.69, 9.17) is 5.26 Å². The van der Waals surface area contributed by atoms with Crippen LogP contribution in [-0.2, 0) is 17.4 Å². The number of hydrogen-bond donors (Lipinski definition) is 0. The van der Waals surface area contributed by atoms with Gasteiger partial charge in [-0.1, -0.05) is 6.07 Å². The molecule has 0 N–H and O–H groups in total. The summed E-state index contributed by atoms with van der Waals surface area (Å²) < 4.78 is 52.6. The quantitative estimate of drug-likeness (QED) is 0.487. The number of Topliss-reactive ketones (excluding diaryl/α,β-unsaturated/α-hetero) is 1. The van der Waals surface area contributed by atoms with Gasteiger partial charge in [-0.2, -0.15) is 18.4 Å². The van der Waals surface area contributed by atoms with Crippen LogP contribution in [0.2, 0.25) is 0 Å². The Labute approximate surface area is 130 Å². The van der Waals surface area contributed by atoms with Crippen molar-refractivity contribution >= 4 is 11.9 Å². The van der Waals surface area contributed by atoms with Crippen LogP contribution >= 0.6 is 0 Å². The van der Waals surface area contributed by atoms with Gasteiger partial charge in [0.25, 0.3) is 0 Å². The standard InChI is InChI=1S/C16H12F4N2O/c1-22(2)8-11(7-21)15(23)10-5-9-3-4-13(17)14(12(9)6-10)16(18,19)20/h3-4,6,8H,5H2,1-2H3. The predicted octanol–water partition coefficient (Wildman–Crippen LogP) is 3.32. The summed E-state index contributed by atoms with van der Waals surface area (Å²) in [6.45, 7) is 0. The van der Waals surface area contributed by atoms with Gasteiger partial charge in [0, 0.05) is 32.3 Å². The Balaban J connectivity index is 2.49. The fraction of sp³-hybridized carbons (Fsp3) is 0.250. The molecule has 0 bridgehead atoms. The maximum Gasteiger partial charge on any atom is 0.419 e. The van der Waals surface area contributed by atoms with Crippen molar-refractivity contribution < 1.29 is 22.4 Å². The number of alkyl halides is 3. The number of halogens is 4. The second-order valence-corrected chi connectivity index (χ2v) is 5.29. The molecule has 0 amide bonds. The average molecular weight is 324 g/mol. The molecule has 0 fully saturated rings. The van der Waals surface area contributed by atoms with E-state index in [1.165, 1.54) is 17.2 Å². The third kappa shape index (κ3) is 3.26. The predicted molar refractivity (Wildman–Crippen MR) is 75.5 cm³/mol. The smallest absolute Gasteiger partial charge is 0.382 e. The number of carbonyl (C=O) groups is 1. The Kier molecular flexibility index (Phi) is 4.28. The Morgan fingerprint density at radius 1 is 1.35 bits per heavy atom. The molecule has 1 aromatic carbocycles. The molecule has 0 spiro atoms. The first-order valence-electron chi connectivity index (χ1n) is 6.57. The number of fused-ring (bicyclic) bond motifs is 1. The van der Waals surface area contributed by atoms with Crippen molar-refractivity contribution in [2.24, 2.45) is 0 Å². The number of ketones is 1. The molecule has 7 heteroatoms. The topological polar surface area (TPSA) is 44.1 Å². The lowest BCUT2D eigenvalue weighted by molar-refractivity contribution is -0.140. The minimum atomic E-state index is -4.86. The van der Waals surface area contributed by atoms with Crippen LogP contribution in [0, 0.1) is 17.1 Å². The summed E-state index contributed by atoms with van der Waals surface area (Å²) >= 11 is 0. The third-order valence-electron chi connectivity index (χ3n) is 3.31. The number of benzene rings is 1. The van der Waals surface area contributed by atoms with E-state index < -0.39 is 23.3 Å². The molecule has 2 rings (SSSR count). The highest BCUT2D eigenvalue weighted by Crippen LogP contribution is 2.40. The number of carbonyl (C=O) groups excluding carboxylic acids is 1. The van der Waals surface area contributed by atoms with Gasteiger partial charge >= 0.3 is 6.18 Å². The fourth-order valence-electron chi connectivity index (χ4n) is 2.39. The van der Waals surface area contributed by atoms with E-state index in [-0.39, 0.29) is 28.7 Å². The lowest BCUT2D eigenvalue weighted by Gasteiger charge is -2.12. The SMILES string of the molecule is CN(C)C=C(C#N)C(=O)C1=Cc2c(ccc(F)c2C(F)(F)F)C1. The minimum Gasteiger partial charge on any atom is -0.382 e. The molecule has 0 radical (unpaired) electrons. The van der Waals surface area contributed by atoms with Crippen molar-refractivity contribution in [1.29, 1.82) is 5.26 Å². The van der Waals surface area contributed by atoms with Gasteiger partial charge in [-0.05, 0) is 23.3 Å². The highest BCUT2D eigenvalue weighted by Gasteiger charge is 2.39. The number of hydrogen-bond acceptors (Lipinski definition) is 3. The zero-order valence-corrected chi connectivity index (χ0v) is 12.3. The van der Waals surface area contributed by atoms with Crippen LogP contribution in [0.3, 0.4) is 0 Å². The Hall–Kier alpha value is -2.62. The van der Waals surface area contributed by atoms with Gasteiger partial charge in [-0.25, -0.2) is 4.39 Å². The molecule has 0 atom stereocenters. The van der Waals surface area contributed by atoms with Gasteiger partial charge in [0.1, 0.15) is 17.5 Å². The number of allylic oxidation sites excluding steroid dienone is 2. The number of nitriles is 1. The summed E-state index contributed by atoms with van der Waals surface area (Å²) in [7, 11) is 3.22. The van der Waals surface area contributed by atoms with E-state index in [2.05, 4.69) is 0 Å². The molecular weight excluding hydrogens is 312 g/mol. The normalized spacial score (nSPS) is 14.1. The van der Waals surface area contributed by atoms with Crippen LogP contribution in [-0.4, -0.2) is 24.8 Å². The third-order valence-corrected chi connectivity index (χ3v) is 3.31. The molecule has 1 aliphatic rings. The molecule has 0 saturated heterocycles. The summed E-state index contributed by atoms with van der Waals surface area (Å²) in [6.07, 6.45) is -2.62. The van der Waals surface area contributed by atoms with E-state index in [9.17, 15) is 22.4 Å². The summed E-state index contributed by atoms with van der Waals surface area (Å²) in [6, 6.07) is 3.69. The maximum absolute atomic E-state index is 13.6. The Bertz CT molecular complexity index is 768. The number of rotatable bonds is 3. The Morgan fingerprint density at radius 2 is 2.00 bits per heavy atom. The average Bonchev–Trinajstić information content (AvgIpc) is 2.85. The molecule has 0 unspecified atom stereocenters. The van der Waals surface area contributed by atoms with Crippen molar-refractivity contribution in [3.63, 3.8) is 0 Å². The van der Waals surface area contributed by atoms with Gasteiger partial charge in [0.15, 0.2) is 0 Å². The van der Waals surface area contributed by atoms with Crippen LogP contribution in [0.25, 0.3) is 6.08 Å². The monoisotopic (exact) mass is 324 g/mol. The van der Waals surface area contributed by atoms with Crippen molar-refractivity contribution in [2.45, 2.75) is 12.6 Å². The first-order chi connectivity index (χ1) is 10.6. The zero-order valence-electron chi connectivity index (χ0n) is 12.3. The van der Waals surface area contributed by atoms with Gasteiger partial charge in [-0.15, -0.1) is 0 Å². The highest BCUT2D eigenvalue weighted by atomic mass is 19.4. The van der Waals surface area contributed by atoms with E-state index in [0.29, 0.717) is 0 Å². The number of nitrogens with zero attached hydrogens (tertiary/aromatic N) is 2. The minimum absolute atomic E-state index is 0.0331. The van der Waals surface area contributed by atoms with Crippen LogP contribution in [0.5, 0.6) is 0 Å². The second kappa shape index (κ2) is 5.88. The fourth-order valence-corrected chi connectivity index (χ4v) is 2.39. The summed E-state index contributed by atoms with van der Waals surface area (Å²) in [5.74, 6) is -2.04. The van der Waals surface area contributed by atoms with Crippen LogP contribution in [0.15, 0.2) is 29.5 Å². The first-order valence-corrected chi connectivity index (χ1v) is 6.57. The highest BCUT2D eigenvalue weighted by molar-refractivity contribution is 6.14. The van der Waals surface area contributed by atoms with Crippen molar-refractivity contribution in [1.82, 2.24) is 4.90 Å². The van der Waals surface area contributed by atoms with E-state index in [1.807, 2.05) is 0 Å². The molecule has 0 aromatic heterocycles. The molecule has 120 valence electrons. The second-order valence-electron chi connectivity index (χ2n) is 5.29. The van der Waals surface area contributed by atoms with Gasteiger partial charge in [0.2, 0.25) is 5.78 Å². The molecule has 0 aliphatic heterocycles. The lowest BCUT2D eigenvalue weighted by Crippen LogP contribution is -2.11. The van der Waals surface area contributed by atoms with Crippen LogP contribution in [0.4, 0.5) is 17.6 Å². The molecule has 0 heterocycles. The molecule has 23 heavy (non-hydrogen) atoms. The summed E-state index contributed by atoms with van der Waals surface area (Å²) in [5, 5.41) is 9.02. The Morgan fingerprint density at radius 3 is 2.52 bits per heavy atom. The van der Waals surface area contributed by atoms with Crippen LogP contribution in [0.1, 0.15) is 16.7 Å². The molecule has 3 nitrogen and oxygen atoms in total. The van der Waals surface area contributed by atoms with Crippen LogP contribution < -0.4 is 0 Å². The van der Waals surface area contributed by atoms with Gasteiger partial charge in [-0.3, -0.25) is 4.79 Å². The van der Waals surface area contributed by atoms with Crippen molar-refractivity contribution in [2.75, 3.05) is 14.1 Å². The van der Waals surface area contributed by atoms with Crippen molar-refractivity contribution in [3.8, 4) is 6.07 Å². The van der Waals surface area contributed by atoms with Gasteiger partial charge in [0.05, 0.1) is 5.56 Å². The maximum atomic E-state index is 13.6. The zero-order chi connectivity index (χ0) is 17.4. The summed E-state index contributed by atoms with van der Waals surface area (Å²) in [5.41, 5.74) is -1.67. The van der Waals surface area contributed by atoms with E-state index in [1.54, 1.807) is 20.2 Å². The van der Waals surface area contributed by atoms with E-state index >= 15 is 0 Å². The summed E-state index contributed by atoms with van der Waals surface area (Å²) in [4.78, 5) is 13.8. The first kappa shape index (κ1) is 16.7. The van der Waals surface area contributed by atoms with Gasteiger partial charge < -0.3 is 4.90 Å². The molecule has 1 aromatic rings. The van der Waals surface area contributed by atoms with E-state index in [0.717, 1.165) is 12.1 Å². The lowest BCUT2D eigenvalue weighted by atomic mass is 10.0. The van der Waals surface area contributed by atoms with Crippen molar-refractivity contribution in [3.05, 3.63) is 52.0 Å². The molecular formula is C16H12F4N2O. The molecule has 0 saturated carbocycles. The molecule has 1 aliphatic carbocycles.